The van der Waals surface area contributed by atoms with Crippen LogP contribution in [-0.2, 0) is 4.79 Å². The molecule has 0 N–H and O–H groups in total. The van der Waals surface area contributed by atoms with E-state index in [0.29, 0.717) is 21.3 Å². The van der Waals surface area contributed by atoms with Gasteiger partial charge in [-0.1, -0.05) is 77.3 Å². The van der Waals surface area contributed by atoms with Gasteiger partial charge in [0.25, 0.3) is 5.91 Å². The first-order valence-electron chi connectivity index (χ1n) is 8.22. The molecule has 1 aliphatic heterocycles. The average molecular weight is 380 g/mol. The third kappa shape index (κ3) is 2.82. The molecular formula is C22H15Cl2NO. The minimum Gasteiger partial charge on any atom is -0.273 e. The third-order valence-corrected chi connectivity index (χ3v) is 5.03. The number of aryl methyl sites for hydroxylation is 1. The Kier molecular flexibility index (Phi) is 4.31. The number of halogens is 2. The van der Waals surface area contributed by atoms with Crippen molar-refractivity contribution < 1.29 is 4.79 Å². The van der Waals surface area contributed by atoms with Crippen LogP contribution in [0.4, 0.5) is 11.4 Å². The minimum absolute atomic E-state index is 0.137. The van der Waals surface area contributed by atoms with E-state index in [-0.39, 0.29) is 5.91 Å². The fourth-order valence-corrected chi connectivity index (χ4v) is 3.70. The van der Waals surface area contributed by atoms with Crippen molar-refractivity contribution in [3.05, 3.63) is 93.5 Å². The molecule has 4 heteroatoms. The zero-order valence-electron chi connectivity index (χ0n) is 14.0. The van der Waals surface area contributed by atoms with Crippen molar-refractivity contribution in [1.29, 1.82) is 0 Å². The molecule has 1 aliphatic rings. The highest BCUT2D eigenvalue weighted by atomic mass is 35.5. The van der Waals surface area contributed by atoms with Gasteiger partial charge in [-0.05, 0) is 36.8 Å². The summed E-state index contributed by atoms with van der Waals surface area (Å²) in [7, 11) is 0. The molecule has 0 saturated heterocycles. The van der Waals surface area contributed by atoms with Crippen LogP contribution in [0.5, 0.6) is 0 Å². The maximum atomic E-state index is 13.3. The maximum absolute atomic E-state index is 13.3. The highest BCUT2D eigenvalue weighted by Crippen LogP contribution is 2.46. The number of para-hydroxylation sites is 2. The second-order valence-electron chi connectivity index (χ2n) is 6.20. The summed E-state index contributed by atoms with van der Waals surface area (Å²) in [6.45, 7) is 2.04. The van der Waals surface area contributed by atoms with Gasteiger partial charge in [-0.2, -0.15) is 0 Å². The fourth-order valence-electron chi connectivity index (χ4n) is 3.13. The highest BCUT2D eigenvalue weighted by Gasteiger charge is 2.35. The van der Waals surface area contributed by atoms with Crippen molar-refractivity contribution in [3.8, 4) is 0 Å². The summed E-state index contributed by atoms with van der Waals surface area (Å²) in [4.78, 5) is 14.9. The van der Waals surface area contributed by atoms with Gasteiger partial charge in [0, 0.05) is 5.56 Å². The molecule has 0 aromatic heterocycles. The predicted octanol–water partition coefficient (Wildman–Crippen LogP) is 6.52. The number of hydrogen-bond donors (Lipinski definition) is 0. The number of rotatable bonds is 2. The van der Waals surface area contributed by atoms with Crippen LogP contribution in [0.2, 0.25) is 10.0 Å². The molecule has 3 aromatic carbocycles. The number of hydrogen-bond acceptors (Lipinski definition) is 1. The Hall–Kier alpha value is -2.55. The molecule has 0 aliphatic carbocycles. The van der Waals surface area contributed by atoms with Crippen LogP contribution in [0.15, 0.2) is 66.7 Å². The molecular weight excluding hydrogens is 365 g/mol. The number of benzene rings is 3. The average Bonchev–Trinajstić information content (AvgIpc) is 2.90. The molecule has 3 aromatic rings. The molecule has 2 nitrogen and oxygen atoms in total. The Morgan fingerprint density at radius 2 is 1.50 bits per heavy atom. The summed E-state index contributed by atoms with van der Waals surface area (Å²) >= 11 is 12.7. The van der Waals surface area contributed by atoms with Gasteiger partial charge in [0.2, 0.25) is 0 Å². The lowest BCUT2D eigenvalue weighted by Crippen LogP contribution is -2.21. The molecule has 1 amide bonds. The van der Waals surface area contributed by atoms with Crippen molar-refractivity contribution in [2.45, 2.75) is 6.92 Å². The largest absolute Gasteiger partial charge is 0.273 e. The number of anilines is 2. The molecule has 0 fully saturated rings. The first-order chi connectivity index (χ1) is 12.6. The normalized spacial score (nSPS) is 14.8. The minimum atomic E-state index is -0.137. The van der Waals surface area contributed by atoms with Crippen LogP contribution in [0.3, 0.4) is 0 Å². The molecule has 0 spiro atoms. The SMILES string of the molecule is Cc1ccc(/C=C2/C(=O)N(c3c(Cl)cccc3Cl)c3ccccc32)cc1. The van der Waals surface area contributed by atoms with E-state index in [4.69, 9.17) is 23.2 Å². The van der Waals surface area contributed by atoms with Gasteiger partial charge in [-0.25, -0.2) is 0 Å². The lowest BCUT2D eigenvalue weighted by molar-refractivity contribution is -0.112. The standard InChI is InChI=1S/C22H15Cl2NO/c1-14-9-11-15(12-10-14)13-17-16-5-2-3-8-20(16)25(22(17)26)21-18(23)6-4-7-19(21)24/h2-13H,1H3/b17-13+. The Balaban J connectivity index is 1.90. The zero-order valence-corrected chi connectivity index (χ0v) is 15.6. The van der Waals surface area contributed by atoms with E-state index in [9.17, 15) is 4.79 Å². The Morgan fingerprint density at radius 3 is 2.19 bits per heavy atom. The molecule has 128 valence electrons. The molecule has 0 radical (unpaired) electrons. The number of carbonyl (C=O) groups is 1. The van der Waals surface area contributed by atoms with Gasteiger partial charge < -0.3 is 0 Å². The molecule has 4 rings (SSSR count). The maximum Gasteiger partial charge on any atom is 0.263 e. The van der Waals surface area contributed by atoms with Gasteiger partial charge in [-0.15, -0.1) is 0 Å². The van der Waals surface area contributed by atoms with Gasteiger partial charge >= 0.3 is 0 Å². The van der Waals surface area contributed by atoms with Crippen LogP contribution in [0.1, 0.15) is 16.7 Å². The number of nitrogens with zero attached hydrogens (tertiary/aromatic N) is 1. The lowest BCUT2D eigenvalue weighted by atomic mass is 10.0. The van der Waals surface area contributed by atoms with E-state index in [1.165, 1.54) is 5.56 Å². The van der Waals surface area contributed by atoms with Gasteiger partial charge in [0.1, 0.15) is 0 Å². The number of amides is 1. The summed E-state index contributed by atoms with van der Waals surface area (Å²) in [5, 5.41) is 0.884. The smallest absolute Gasteiger partial charge is 0.263 e. The summed E-state index contributed by atoms with van der Waals surface area (Å²) in [6, 6.07) is 21.0. The van der Waals surface area contributed by atoms with Crippen molar-refractivity contribution >= 4 is 52.1 Å². The van der Waals surface area contributed by atoms with E-state index >= 15 is 0 Å². The van der Waals surface area contributed by atoms with Crippen LogP contribution >= 0.6 is 23.2 Å². The molecule has 26 heavy (non-hydrogen) atoms. The summed E-state index contributed by atoms with van der Waals surface area (Å²) in [6.07, 6.45) is 1.91. The van der Waals surface area contributed by atoms with Crippen molar-refractivity contribution in [3.63, 3.8) is 0 Å². The summed E-state index contributed by atoms with van der Waals surface area (Å²) < 4.78 is 0. The monoisotopic (exact) mass is 379 g/mol. The Morgan fingerprint density at radius 1 is 0.846 bits per heavy atom. The summed E-state index contributed by atoms with van der Waals surface area (Å²) in [5.74, 6) is -0.137. The van der Waals surface area contributed by atoms with E-state index in [1.807, 2.05) is 61.5 Å². The number of fused-ring (bicyclic) bond motifs is 1. The van der Waals surface area contributed by atoms with Crippen LogP contribution in [0, 0.1) is 6.92 Å². The Labute approximate surface area is 162 Å². The summed E-state index contributed by atoms with van der Waals surface area (Å²) in [5.41, 5.74) is 4.94. The van der Waals surface area contributed by atoms with E-state index in [2.05, 4.69) is 0 Å². The fraction of sp³-hybridized carbons (Fsp3) is 0.0455. The molecule has 0 bridgehead atoms. The second-order valence-corrected chi connectivity index (χ2v) is 7.01. The van der Waals surface area contributed by atoms with E-state index in [0.717, 1.165) is 16.8 Å². The quantitative estimate of drug-likeness (QED) is 0.464. The molecule has 0 saturated carbocycles. The Bertz CT molecular complexity index is 1020. The van der Waals surface area contributed by atoms with Crippen LogP contribution < -0.4 is 4.90 Å². The predicted molar refractivity (Wildman–Crippen MR) is 109 cm³/mol. The van der Waals surface area contributed by atoms with Crippen LogP contribution in [0.25, 0.3) is 11.6 Å². The van der Waals surface area contributed by atoms with E-state index in [1.54, 1.807) is 23.1 Å². The zero-order chi connectivity index (χ0) is 18.3. The first kappa shape index (κ1) is 16.9. The third-order valence-electron chi connectivity index (χ3n) is 4.42. The topological polar surface area (TPSA) is 20.3 Å². The molecule has 0 unspecified atom stereocenters. The number of carbonyl (C=O) groups excluding carboxylic acids is 1. The van der Waals surface area contributed by atoms with Gasteiger partial charge in [-0.3, -0.25) is 9.69 Å². The van der Waals surface area contributed by atoms with Gasteiger partial charge in [0.15, 0.2) is 0 Å². The first-order valence-corrected chi connectivity index (χ1v) is 8.98. The van der Waals surface area contributed by atoms with Crippen molar-refractivity contribution in [2.24, 2.45) is 0 Å². The molecule has 0 atom stereocenters. The lowest BCUT2D eigenvalue weighted by Gasteiger charge is -2.20. The van der Waals surface area contributed by atoms with Crippen LogP contribution in [-0.4, -0.2) is 5.91 Å². The highest BCUT2D eigenvalue weighted by molar-refractivity contribution is 6.44. The second kappa shape index (κ2) is 6.64. The van der Waals surface area contributed by atoms with Crippen molar-refractivity contribution in [2.75, 3.05) is 4.90 Å². The van der Waals surface area contributed by atoms with Crippen molar-refractivity contribution in [1.82, 2.24) is 0 Å². The van der Waals surface area contributed by atoms with Gasteiger partial charge in [0.05, 0.1) is 27.0 Å². The van der Waals surface area contributed by atoms with E-state index < -0.39 is 0 Å². The molecule has 1 heterocycles.